The van der Waals surface area contributed by atoms with Crippen molar-refractivity contribution in [3.8, 4) is 0 Å². The number of unbranched alkanes of at least 4 members (excludes halogenated alkanes) is 1. The number of alkyl halides is 6. The molecule has 146 valence electrons. The third-order valence-corrected chi connectivity index (χ3v) is 3.34. The van der Waals surface area contributed by atoms with Crippen molar-refractivity contribution in [2.75, 3.05) is 6.61 Å². The van der Waals surface area contributed by atoms with Gasteiger partial charge in [-0.2, -0.15) is 26.3 Å². The van der Waals surface area contributed by atoms with Crippen LogP contribution in [0.5, 0.6) is 0 Å². The van der Waals surface area contributed by atoms with E-state index in [-0.39, 0.29) is 24.8 Å². The molecule has 0 aliphatic rings. The molecular weight excluding hydrogens is 368 g/mol. The van der Waals surface area contributed by atoms with Crippen LogP contribution in [0.25, 0.3) is 0 Å². The topological polar surface area (TPSA) is 55.4 Å². The Balaban J connectivity index is 3.07. The summed E-state index contributed by atoms with van der Waals surface area (Å²) >= 11 is 0. The summed E-state index contributed by atoms with van der Waals surface area (Å²) in [6.07, 6.45) is -8.68. The van der Waals surface area contributed by atoms with E-state index in [9.17, 15) is 35.9 Å². The molecule has 1 amide bonds. The molecule has 0 bridgehead atoms. The van der Waals surface area contributed by atoms with Crippen LogP contribution in [0.2, 0.25) is 0 Å². The standard InChI is InChI=1S/C16H17F6NO3/c1-3-4-7-26-14(25)9(2)23-13(24)11-8-10(15(17,18)19)5-6-12(11)16(20,21)22/h5-6,8-9H,3-4,7H2,1-2H3,(H,23,24). The molecule has 0 aliphatic carbocycles. The van der Waals surface area contributed by atoms with Gasteiger partial charge in [-0.25, -0.2) is 4.79 Å². The predicted octanol–water partition coefficient (Wildman–Crippen LogP) is 4.19. The van der Waals surface area contributed by atoms with Gasteiger partial charge in [0.15, 0.2) is 0 Å². The van der Waals surface area contributed by atoms with Gasteiger partial charge in [-0.3, -0.25) is 4.79 Å². The zero-order valence-corrected chi connectivity index (χ0v) is 13.9. The van der Waals surface area contributed by atoms with Crippen molar-refractivity contribution < 1.29 is 40.7 Å². The summed E-state index contributed by atoms with van der Waals surface area (Å²) in [6, 6.07) is -0.799. The van der Waals surface area contributed by atoms with Crippen LogP contribution in [-0.2, 0) is 21.9 Å². The Hall–Kier alpha value is -2.26. The molecule has 1 aromatic rings. The van der Waals surface area contributed by atoms with Crippen molar-refractivity contribution in [1.29, 1.82) is 0 Å². The van der Waals surface area contributed by atoms with Gasteiger partial charge in [0.1, 0.15) is 6.04 Å². The first kappa shape index (κ1) is 21.8. The van der Waals surface area contributed by atoms with Crippen LogP contribution in [0.3, 0.4) is 0 Å². The third kappa shape index (κ3) is 5.92. The molecule has 0 radical (unpaired) electrons. The number of carbonyl (C=O) groups excluding carboxylic acids is 2. The minimum atomic E-state index is -5.04. The van der Waals surface area contributed by atoms with Crippen molar-refractivity contribution >= 4 is 11.9 Å². The summed E-state index contributed by atoms with van der Waals surface area (Å²) in [5, 5.41) is 1.93. The Morgan fingerprint density at radius 1 is 1.12 bits per heavy atom. The highest BCUT2D eigenvalue weighted by molar-refractivity contribution is 5.98. The van der Waals surface area contributed by atoms with Gasteiger partial charge in [-0.05, 0) is 31.5 Å². The average molecular weight is 385 g/mol. The van der Waals surface area contributed by atoms with Gasteiger partial charge in [-0.15, -0.1) is 0 Å². The lowest BCUT2D eigenvalue weighted by Gasteiger charge is -2.18. The van der Waals surface area contributed by atoms with E-state index in [2.05, 4.69) is 0 Å². The normalized spacial score (nSPS) is 13.2. The number of carbonyl (C=O) groups is 2. The maximum atomic E-state index is 13.0. The molecule has 4 nitrogen and oxygen atoms in total. The van der Waals surface area contributed by atoms with E-state index >= 15 is 0 Å². The minimum Gasteiger partial charge on any atom is -0.464 e. The molecule has 0 heterocycles. The van der Waals surface area contributed by atoms with Crippen molar-refractivity contribution in [1.82, 2.24) is 5.32 Å². The fourth-order valence-corrected chi connectivity index (χ4v) is 1.93. The summed E-state index contributed by atoms with van der Waals surface area (Å²) in [7, 11) is 0. The van der Waals surface area contributed by atoms with Crippen molar-refractivity contribution in [2.45, 2.75) is 45.1 Å². The number of benzene rings is 1. The number of hydrogen-bond donors (Lipinski definition) is 1. The summed E-state index contributed by atoms with van der Waals surface area (Å²) in [5.74, 6) is -2.35. The van der Waals surface area contributed by atoms with E-state index in [1.165, 1.54) is 0 Å². The molecule has 1 N–H and O–H groups in total. The van der Waals surface area contributed by atoms with Gasteiger partial charge in [0.05, 0.1) is 23.3 Å². The molecule has 1 unspecified atom stereocenters. The Labute approximate surface area is 145 Å². The van der Waals surface area contributed by atoms with E-state index in [1.807, 2.05) is 12.2 Å². The molecular formula is C16H17F6NO3. The van der Waals surface area contributed by atoms with E-state index in [1.54, 1.807) is 0 Å². The second-order valence-electron chi connectivity index (χ2n) is 5.47. The van der Waals surface area contributed by atoms with Gasteiger partial charge < -0.3 is 10.1 Å². The number of esters is 1. The van der Waals surface area contributed by atoms with Crippen LogP contribution in [-0.4, -0.2) is 24.5 Å². The molecule has 1 aromatic carbocycles. The van der Waals surface area contributed by atoms with Gasteiger partial charge in [0.25, 0.3) is 5.91 Å². The van der Waals surface area contributed by atoms with E-state index in [4.69, 9.17) is 4.74 Å². The molecule has 10 heteroatoms. The largest absolute Gasteiger partial charge is 0.464 e. The molecule has 1 rings (SSSR count). The molecule has 0 saturated carbocycles. The zero-order chi connectivity index (χ0) is 20.1. The minimum absolute atomic E-state index is 0.0624. The molecule has 1 atom stereocenters. The van der Waals surface area contributed by atoms with Crippen molar-refractivity contribution in [2.24, 2.45) is 0 Å². The maximum absolute atomic E-state index is 13.0. The lowest BCUT2D eigenvalue weighted by molar-refractivity contribution is -0.145. The van der Waals surface area contributed by atoms with Crippen LogP contribution in [0.15, 0.2) is 18.2 Å². The maximum Gasteiger partial charge on any atom is 0.417 e. The second kappa shape index (κ2) is 8.41. The van der Waals surface area contributed by atoms with Gasteiger partial charge in [-0.1, -0.05) is 13.3 Å². The predicted molar refractivity (Wildman–Crippen MR) is 79.2 cm³/mol. The Morgan fingerprint density at radius 2 is 1.73 bits per heavy atom. The smallest absolute Gasteiger partial charge is 0.417 e. The lowest BCUT2D eigenvalue weighted by Crippen LogP contribution is -2.40. The molecule has 0 saturated heterocycles. The van der Waals surface area contributed by atoms with Crippen LogP contribution in [0.4, 0.5) is 26.3 Å². The van der Waals surface area contributed by atoms with Gasteiger partial charge in [0.2, 0.25) is 0 Å². The fraction of sp³-hybridized carbons (Fsp3) is 0.500. The van der Waals surface area contributed by atoms with Crippen LogP contribution >= 0.6 is 0 Å². The van der Waals surface area contributed by atoms with Crippen molar-refractivity contribution in [3.63, 3.8) is 0 Å². The third-order valence-electron chi connectivity index (χ3n) is 3.34. The number of nitrogens with one attached hydrogen (secondary N) is 1. The zero-order valence-electron chi connectivity index (χ0n) is 13.9. The number of hydrogen-bond acceptors (Lipinski definition) is 3. The monoisotopic (exact) mass is 385 g/mol. The first-order valence-corrected chi connectivity index (χ1v) is 7.63. The Morgan fingerprint density at radius 3 is 2.23 bits per heavy atom. The Bertz CT molecular complexity index is 654. The molecule has 0 spiro atoms. The number of ether oxygens (including phenoxy) is 1. The number of amides is 1. The van der Waals surface area contributed by atoms with Gasteiger partial charge in [0, 0.05) is 0 Å². The Kier molecular flexibility index (Phi) is 7.05. The van der Waals surface area contributed by atoms with E-state index < -0.39 is 47.0 Å². The second-order valence-corrected chi connectivity index (χ2v) is 5.47. The highest BCUT2D eigenvalue weighted by atomic mass is 19.4. The first-order valence-electron chi connectivity index (χ1n) is 7.63. The van der Waals surface area contributed by atoms with E-state index in [0.29, 0.717) is 6.42 Å². The average Bonchev–Trinajstić information content (AvgIpc) is 2.52. The van der Waals surface area contributed by atoms with Gasteiger partial charge >= 0.3 is 18.3 Å². The van der Waals surface area contributed by atoms with Crippen LogP contribution in [0.1, 0.15) is 48.2 Å². The van der Waals surface area contributed by atoms with Crippen LogP contribution < -0.4 is 5.32 Å². The molecule has 0 aromatic heterocycles. The summed E-state index contributed by atoms with van der Waals surface area (Å²) in [6.45, 7) is 3.06. The summed E-state index contributed by atoms with van der Waals surface area (Å²) in [5.41, 5.74) is -4.16. The molecule has 0 fully saturated rings. The molecule has 0 aliphatic heterocycles. The van der Waals surface area contributed by atoms with Crippen molar-refractivity contribution in [3.05, 3.63) is 34.9 Å². The lowest BCUT2D eigenvalue weighted by atomic mass is 10.0. The number of halogens is 6. The highest BCUT2D eigenvalue weighted by Crippen LogP contribution is 2.36. The number of rotatable bonds is 6. The summed E-state index contributed by atoms with van der Waals surface area (Å²) < 4.78 is 82.0. The first-order chi connectivity index (χ1) is 11.9. The highest BCUT2D eigenvalue weighted by Gasteiger charge is 2.39. The summed E-state index contributed by atoms with van der Waals surface area (Å²) in [4.78, 5) is 23.7. The SMILES string of the molecule is CCCCOC(=O)C(C)NC(=O)c1cc(C(F)(F)F)ccc1C(F)(F)F. The molecule has 26 heavy (non-hydrogen) atoms. The van der Waals surface area contributed by atoms with Crippen LogP contribution in [0, 0.1) is 0 Å². The fourth-order valence-electron chi connectivity index (χ4n) is 1.93. The van der Waals surface area contributed by atoms with E-state index in [0.717, 1.165) is 13.3 Å². The quantitative estimate of drug-likeness (QED) is 0.454.